The minimum absolute atomic E-state index is 0.0114. The van der Waals surface area contributed by atoms with E-state index in [1.807, 2.05) is 29.2 Å². The summed E-state index contributed by atoms with van der Waals surface area (Å²) in [6, 6.07) is 9.44. The van der Waals surface area contributed by atoms with Crippen LogP contribution >= 0.6 is 39.1 Å². The molecule has 0 N–H and O–H groups in total. The van der Waals surface area contributed by atoms with Gasteiger partial charge in [0.1, 0.15) is 22.4 Å². The van der Waals surface area contributed by atoms with Crippen LogP contribution in [0.1, 0.15) is 5.56 Å². The molecule has 0 aliphatic carbocycles. The topological polar surface area (TPSA) is 69.5 Å². The second-order valence-corrected chi connectivity index (χ2v) is 7.40. The van der Waals surface area contributed by atoms with Crippen LogP contribution in [0, 0.1) is 11.3 Å². The zero-order chi connectivity index (χ0) is 17.8. The number of aromatic nitrogens is 1. The molecule has 0 spiro atoms. The Labute approximate surface area is 162 Å². The quantitative estimate of drug-likeness (QED) is 0.729. The zero-order valence-corrected chi connectivity index (χ0v) is 16.3. The van der Waals surface area contributed by atoms with Crippen LogP contribution in [0.25, 0.3) is 0 Å². The first-order valence-electron chi connectivity index (χ1n) is 7.55. The average Bonchev–Trinajstić information content (AvgIpc) is 3.01. The van der Waals surface area contributed by atoms with Crippen molar-refractivity contribution in [2.45, 2.75) is 0 Å². The van der Waals surface area contributed by atoms with Gasteiger partial charge < -0.3 is 14.5 Å². The number of anilines is 1. The van der Waals surface area contributed by atoms with Crippen LogP contribution < -0.4 is 9.64 Å². The van der Waals surface area contributed by atoms with Gasteiger partial charge >= 0.3 is 0 Å². The maximum absolute atomic E-state index is 12.3. The standard InChI is InChI=1S/C16H14BrClN4O2S/c17-11-1-3-12(4-2-11)24-10-14(23)21-5-7-22(8-6-21)16-13(9-19)15(18)20-25-16/h1-4H,5-8,10H2. The second kappa shape index (κ2) is 8.04. The van der Waals surface area contributed by atoms with Gasteiger partial charge in [0.05, 0.1) is 0 Å². The maximum atomic E-state index is 12.3. The van der Waals surface area contributed by atoms with E-state index in [0.29, 0.717) is 37.5 Å². The van der Waals surface area contributed by atoms with Crippen LogP contribution in [-0.4, -0.2) is 48.0 Å². The lowest BCUT2D eigenvalue weighted by molar-refractivity contribution is -0.133. The van der Waals surface area contributed by atoms with Crippen molar-refractivity contribution in [3.05, 3.63) is 39.5 Å². The lowest BCUT2D eigenvalue weighted by Crippen LogP contribution is -2.50. The smallest absolute Gasteiger partial charge is 0.260 e. The molecule has 0 radical (unpaired) electrons. The monoisotopic (exact) mass is 440 g/mol. The number of amides is 1. The fourth-order valence-electron chi connectivity index (χ4n) is 2.50. The van der Waals surface area contributed by atoms with Gasteiger partial charge in [0, 0.05) is 30.7 Å². The second-order valence-electron chi connectivity index (χ2n) is 5.38. The van der Waals surface area contributed by atoms with Gasteiger partial charge in [-0.15, -0.1) is 0 Å². The number of benzene rings is 1. The number of ether oxygens (including phenoxy) is 1. The van der Waals surface area contributed by atoms with Crippen molar-refractivity contribution in [3.63, 3.8) is 0 Å². The van der Waals surface area contributed by atoms with Crippen LogP contribution in [-0.2, 0) is 4.79 Å². The van der Waals surface area contributed by atoms with Crippen LogP contribution in [0.4, 0.5) is 5.00 Å². The first kappa shape index (κ1) is 18.0. The highest BCUT2D eigenvalue weighted by molar-refractivity contribution is 9.10. The van der Waals surface area contributed by atoms with Crippen molar-refractivity contribution >= 4 is 50.0 Å². The number of nitrogens with zero attached hydrogens (tertiary/aromatic N) is 4. The number of rotatable bonds is 4. The first-order chi connectivity index (χ1) is 12.1. The van der Waals surface area contributed by atoms with Gasteiger partial charge in [-0.3, -0.25) is 4.79 Å². The summed E-state index contributed by atoms with van der Waals surface area (Å²) in [5.74, 6) is 0.610. The molecular formula is C16H14BrClN4O2S. The van der Waals surface area contributed by atoms with E-state index < -0.39 is 0 Å². The number of nitriles is 1. The predicted octanol–water partition coefficient (Wildman–Crippen LogP) is 3.16. The van der Waals surface area contributed by atoms with Gasteiger partial charge in [-0.05, 0) is 35.8 Å². The minimum atomic E-state index is -0.0505. The van der Waals surface area contributed by atoms with Crippen LogP contribution in [0.15, 0.2) is 28.7 Å². The van der Waals surface area contributed by atoms with E-state index in [4.69, 9.17) is 16.3 Å². The highest BCUT2D eigenvalue weighted by Crippen LogP contribution is 2.31. The molecule has 1 aliphatic rings. The molecule has 0 saturated carbocycles. The molecule has 6 nitrogen and oxygen atoms in total. The summed E-state index contributed by atoms with van der Waals surface area (Å²) >= 11 is 10.5. The third-order valence-corrected chi connectivity index (χ3v) is 5.65. The van der Waals surface area contributed by atoms with E-state index in [-0.39, 0.29) is 17.7 Å². The van der Waals surface area contributed by atoms with E-state index >= 15 is 0 Å². The number of carbonyl (C=O) groups is 1. The Bertz CT molecular complexity index is 797. The predicted molar refractivity (Wildman–Crippen MR) is 100 cm³/mol. The Kier molecular flexibility index (Phi) is 5.78. The molecule has 0 atom stereocenters. The molecular weight excluding hydrogens is 428 g/mol. The maximum Gasteiger partial charge on any atom is 0.260 e. The Morgan fingerprint density at radius 2 is 2.00 bits per heavy atom. The number of halogens is 2. The van der Waals surface area contributed by atoms with Crippen LogP contribution in [0.2, 0.25) is 5.15 Å². The minimum Gasteiger partial charge on any atom is -0.484 e. The third-order valence-electron chi connectivity index (χ3n) is 3.84. The molecule has 25 heavy (non-hydrogen) atoms. The van der Waals surface area contributed by atoms with Gasteiger partial charge in [-0.1, -0.05) is 27.5 Å². The Morgan fingerprint density at radius 1 is 1.32 bits per heavy atom. The molecule has 9 heteroatoms. The van der Waals surface area contributed by atoms with Gasteiger partial charge in [0.2, 0.25) is 0 Å². The number of carbonyl (C=O) groups excluding carboxylic acids is 1. The average molecular weight is 442 g/mol. The summed E-state index contributed by atoms with van der Waals surface area (Å²) in [7, 11) is 0. The summed E-state index contributed by atoms with van der Waals surface area (Å²) in [4.78, 5) is 16.1. The summed E-state index contributed by atoms with van der Waals surface area (Å²) in [5.41, 5.74) is 0.407. The third kappa shape index (κ3) is 4.24. The number of piperazine rings is 1. The highest BCUT2D eigenvalue weighted by atomic mass is 79.9. The summed E-state index contributed by atoms with van der Waals surface area (Å²) in [6.07, 6.45) is 0. The Hall–Kier alpha value is -1.82. The molecule has 1 aliphatic heterocycles. The van der Waals surface area contributed by atoms with Gasteiger partial charge in [0.25, 0.3) is 5.91 Å². The molecule has 2 aromatic rings. The van der Waals surface area contributed by atoms with Crippen molar-refractivity contribution in [1.29, 1.82) is 5.26 Å². The Morgan fingerprint density at radius 3 is 2.64 bits per heavy atom. The molecule has 2 heterocycles. The Balaban J connectivity index is 1.52. The van der Waals surface area contributed by atoms with E-state index in [2.05, 4.69) is 26.4 Å². The molecule has 0 unspecified atom stereocenters. The van der Waals surface area contributed by atoms with Crippen molar-refractivity contribution < 1.29 is 9.53 Å². The summed E-state index contributed by atoms with van der Waals surface area (Å²) in [6.45, 7) is 2.43. The molecule has 3 rings (SSSR count). The molecule has 1 aromatic heterocycles. The highest BCUT2D eigenvalue weighted by Gasteiger charge is 2.25. The van der Waals surface area contributed by atoms with E-state index in [9.17, 15) is 10.1 Å². The van der Waals surface area contributed by atoms with E-state index in [1.165, 1.54) is 11.5 Å². The molecule has 1 saturated heterocycles. The lowest BCUT2D eigenvalue weighted by atomic mass is 10.3. The SMILES string of the molecule is N#Cc1c(Cl)nsc1N1CCN(C(=O)COc2ccc(Br)cc2)CC1. The molecule has 1 fully saturated rings. The summed E-state index contributed by atoms with van der Waals surface area (Å²) in [5, 5.41) is 10.2. The summed E-state index contributed by atoms with van der Waals surface area (Å²) < 4.78 is 10.5. The number of hydrogen-bond donors (Lipinski definition) is 0. The van der Waals surface area contributed by atoms with Gasteiger partial charge in [0.15, 0.2) is 11.8 Å². The first-order valence-corrected chi connectivity index (χ1v) is 9.49. The fourth-order valence-corrected chi connectivity index (χ4v) is 3.84. The van der Waals surface area contributed by atoms with E-state index in [1.54, 1.807) is 4.90 Å². The van der Waals surface area contributed by atoms with Gasteiger partial charge in [-0.25, -0.2) is 0 Å². The lowest BCUT2D eigenvalue weighted by Gasteiger charge is -2.35. The van der Waals surface area contributed by atoms with Crippen LogP contribution in [0.3, 0.4) is 0 Å². The normalized spacial score (nSPS) is 14.3. The van der Waals surface area contributed by atoms with Crippen molar-refractivity contribution in [1.82, 2.24) is 9.27 Å². The molecule has 0 bridgehead atoms. The van der Waals surface area contributed by atoms with Crippen molar-refractivity contribution in [2.75, 3.05) is 37.7 Å². The van der Waals surface area contributed by atoms with Crippen molar-refractivity contribution in [3.8, 4) is 11.8 Å². The zero-order valence-electron chi connectivity index (χ0n) is 13.1. The van der Waals surface area contributed by atoms with Gasteiger partial charge in [-0.2, -0.15) is 9.64 Å². The molecule has 1 aromatic carbocycles. The molecule has 1 amide bonds. The van der Waals surface area contributed by atoms with Crippen LogP contribution in [0.5, 0.6) is 5.75 Å². The van der Waals surface area contributed by atoms with E-state index in [0.717, 1.165) is 9.47 Å². The number of hydrogen-bond acceptors (Lipinski definition) is 6. The largest absolute Gasteiger partial charge is 0.484 e. The molecule has 130 valence electrons. The fraction of sp³-hybridized carbons (Fsp3) is 0.312. The van der Waals surface area contributed by atoms with Crippen molar-refractivity contribution in [2.24, 2.45) is 0 Å².